The monoisotopic (exact) mass is 313 g/mol. The first kappa shape index (κ1) is 14.9. The Hall–Kier alpha value is -1.07. The van der Waals surface area contributed by atoms with Crippen LogP contribution in [0.25, 0.3) is 0 Å². The summed E-state index contributed by atoms with van der Waals surface area (Å²) in [6, 6.07) is 0. The SMILES string of the molecule is C[C@]12OC(=O)[C@@]1([C@H](O)C1C=CCCC1)NC(=O)[C@H]2CCCl. The number of alkyl halides is 1. The summed E-state index contributed by atoms with van der Waals surface area (Å²) in [5, 5.41) is 13.5. The minimum absolute atomic E-state index is 0.138. The zero-order valence-electron chi connectivity index (χ0n) is 12.0. The van der Waals surface area contributed by atoms with Crippen LogP contribution in [0.15, 0.2) is 12.2 Å². The Kier molecular flexibility index (Phi) is 3.53. The van der Waals surface area contributed by atoms with Gasteiger partial charge in [-0.25, -0.2) is 4.79 Å². The predicted octanol–water partition coefficient (Wildman–Crippen LogP) is 1.13. The number of fused-ring (bicyclic) bond motifs is 1. The highest BCUT2D eigenvalue weighted by Gasteiger charge is 2.79. The number of carbonyl (C=O) groups excluding carboxylic acids is 2. The topological polar surface area (TPSA) is 75.6 Å². The van der Waals surface area contributed by atoms with E-state index in [1.165, 1.54) is 0 Å². The van der Waals surface area contributed by atoms with E-state index in [-0.39, 0.29) is 11.8 Å². The van der Waals surface area contributed by atoms with E-state index in [2.05, 4.69) is 5.32 Å². The summed E-state index contributed by atoms with van der Waals surface area (Å²) in [7, 11) is 0. The molecule has 116 valence electrons. The Bertz CT molecular complexity index is 508. The van der Waals surface area contributed by atoms with Crippen molar-refractivity contribution in [2.45, 2.75) is 49.9 Å². The smallest absolute Gasteiger partial charge is 0.339 e. The first-order chi connectivity index (χ1) is 9.97. The lowest BCUT2D eigenvalue weighted by Gasteiger charge is -2.54. The average Bonchev–Trinajstić information content (AvgIpc) is 2.65. The zero-order chi connectivity index (χ0) is 15.3. The molecule has 0 aromatic carbocycles. The van der Waals surface area contributed by atoms with Crippen molar-refractivity contribution in [1.29, 1.82) is 0 Å². The average molecular weight is 314 g/mol. The number of allylic oxidation sites excluding steroid dienone is 1. The van der Waals surface area contributed by atoms with Gasteiger partial charge in [0.05, 0.1) is 12.0 Å². The third-order valence-corrected chi connectivity index (χ3v) is 5.47. The number of carbonyl (C=O) groups is 2. The molecule has 2 aliphatic heterocycles. The molecule has 5 nitrogen and oxygen atoms in total. The lowest BCUT2D eigenvalue weighted by atomic mass is 9.64. The number of aliphatic hydroxyl groups excluding tert-OH is 1. The second-order valence-corrected chi connectivity index (χ2v) is 6.67. The van der Waals surface area contributed by atoms with Crippen LogP contribution in [0.2, 0.25) is 0 Å². The molecule has 0 saturated carbocycles. The predicted molar refractivity (Wildman–Crippen MR) is 76.7 cm³/mol. The van der Waals surface area contributed by atoms with E-state index in [0.29, 0.717) is 12.3 Å². The molecule has 3 aliphatic rings. The van der Waals surface area contributed by atoms with Gasteiger partial charge in [-0.1, -0.05) is 12.2 Å². The van der Waals surface area contributed by atoms with Crippen molar-refractivity contribution in [3.05, 3.63) is 12.2 Å². The van der Waals surface area contributed by atoms with Gasteiger partial charge in [0.15, 0.2) is 5.60 Å². The molecule has 1 unspecified atom stereocenters. The van der Waals surface area contributed by atoms with Crippen LogP contribution in [0.1, 0.15) is 32.6 Å². The molecule has 2 saturated heterocycles. The number of nitrogens with one attached hydrogen (secondary N) is 1. The van der Waals surface area contributed by atoms with Gasteiger partial charge in [-0.15, -0.1) is 11.6 Å². The number of hydrogen-bond donors (Lipinski definition) is 2. The molecule has 0 spiro atoms. The highest BCUT2D eigenvalue weighted by molar-refractivity contribution is 6.18. The maximum Gasteiger partial charge on any atom is 0.339 e. The highest BCUT2D eigenvalue weighted by atomic mass is 35.5. The van der Waals surface area contributed by atoms with E-state index in [1.807, 2.05) is 12.2 Å². The molecule has 2 N–H and O–H groups in total. The van der Waals surface area contributed by atoms with E-state index in [4.69, 9.17) is 16.3 Å². The van der Waals surface area contributed by atoms with Gasteiger partial charge < -0.3 is 15.2 Å². The normalized spacial score (nSPS) is 42.8. The second kappa shape index (κ2) is 4.99. The van der Waals surface area contributed by atoms with E-state index < -0.39 is 29.1 Å². The fourth-order valence-electron chi connectivity index (χ4n) is 3.99. The number of hydrogen-bond acceptors (Lipinski definition) is 4. The number of esters is 1. The fourth-order valence-corrected chi connectivity index (χ4v) is 4.21. The fraction of sp³-hybridized carbons (Fsp3) is 0.733. The van der Waals surface area contributed by atoms with Crippen molar-refractivity contribution in [1.82, 2.24) is 5.32 Å². The summed E-state index contributed by atoms with van der Waals surface area (Å²) in [4.78, 5) is 24.4. The zero-order valence-corrected chi connectivity index (χ0v) is 12.7. The molecule has 0 aromatic rings. The standard InChI is InChI=1S/C15H20ClNO4/c1-14-10(7-8-16)12(19)17-15(14,13(20)21-14)11(18)9-5-3-2-4-6-9/h3,5,9-11,18H,2,4,6-8H2,1H3,(H,17,19)/t9?,10-,11-,14-,15-/m1/s1. The molecule has 2 heterocycles. The van der Waals surface area contributed by atoms with E-state index >= 15 is 0 Å². The number of aliphatic hydroxyl groups is 1. The van der Waals surface area contributed by atoms with E-state index in [0.717, 1.165) is 19.3 Å². The number of halogens is 1. The van der Waals surface area contributed by atoms with Gasteiger partial charge in [0.1, 0.15) is 0 Å². The van der Waals surface area contributed by atoms with Crippen molar-refractivity contribution in [3.63, 3.8) is 0 Å². The number of amides is 1. The quantitative estimate of drug-likeness (QED) is 0.463. The third kappa shape index (κ3) is 1.80. The van der Waals surface area contributed by atoms with Gasteiger partial charge in [0.25, 0.3) is 0 Å². The molecule has 1 amide bonds. The molecule has 21 heavy (non-hydrogen) atoms. The molecule has 0 aromatic heterocycles. The number of ether oxygens (including phenoxy) is 1. The molecule has 3 rings (SSSR count). The summed E-state index contributed by atoms with van der Waals surface area (Å²) in [6.07, 6.45) is 6.17. The van der Waals surface area contributed by atoms with Crippen molar-refractivity contribution < 1.29 is 19.4 Å². The summed E-state index contributed by atoms with van der Waals surface area (Å²) in [5.74, 6) is -1.14. The van der Waals surface area contributed by atoms with Crippen LogP contribution in [0, 0.1) is 11.8 Å². The Balaban J connectivity index is 1.94. The van der Waals surface area contributed by atoms with Gasteiger partial charge >= 0.3 is 5.97 Å². The van der Waals surface area contributed by atoms with Crippen LogP contribution in [-0.2, 0) is 14.3 Å². The maximum absolute atomic E-state index is 12.2. The minimum Gasteiger partial charge on any atom is -0.453 e. The van der Waals surface area contributed by atoms with Crippen molar-refractivity contribution in [3.8, 4) is 0 Å². The van der Waals surface area contributed by atoms with Gasteiger partial charge in [-0.3, -0.25) is 4.79 Å². The summed E-state index contributed by atoms with van der Waals surface area (Å²) in [5.41, 5.74) is -2.34. The van der Waals surface area contributed by atoms with Crippen LogP contribution in [0.5, 0.6) is 0 Å². The van der Waals surface area contributed by atoms with Gasteiger partial charge in [-0.05, 0) is 32.6 Å². The minimum atomic E-state index is -1.33. The molecular weight excluding hydrogens is 294 g/mol. The van der Waals surface area contributed by atoms with Crippen LogP contribution in [0.3, 0.4) is 0 Å². The Morgan fingerprint density at radius 2 is 2.33 bits per heavy atom. The molecule has 6 heteroatoms. The molecule has 5 atom stereocenters. The Morgan fingerprint density at radius 1 is 1.57 bits per heavy atom. The molecule has 1 aliphatic carbocycles. The molecule has 2 fully saturated rings. The van der Waals surface area contributed by atoms with Crippen LogP contribution >= 0.6 is 11.6 Å². The molecule has 0 bridgehead atoms. The van der Waals surface area contributed by atoms with E-state index in [9.17, 15) is 14.7 Å². The number of rotatable bonds is 4. The molecule has 0 radical (unpaired) electrons. The lowest BCUT2D eigenvalue weighted by molar-refractivity contribution is -0.238. The largest absolute Gasteiger partial charge is 0.453 e. The summed E-state index contributed by atoms with van der Waals surface area (Å²) >= 11 is 5.76. The van der Waals surface area contributed by atoms with Gasteiger partial charge in [0.2, 0.25) is 11.4 Å². The van der Waals surface area contributed by atoms with Gasteiger partial charge in [-0.2, -0.15) is 0 Å². The molecular formula is C15H20ClNO4. The Morgan fingerprint density at radius 3 is 2.90 bits per heavy atom. The van der Waals surface area contributed by atoms with Crippen molar-refractivity contribution >= 4 is 23.5 Å². The third-order valence-electron chi connectivity index (χ3n) is 5.25. The first-order valence-electron chi connectivity index (χ1n) is 7.43. The van der Waals surface area contributed by atoms with Crippen molar-refractivity contribution in [2.24, 2.45) is 11.8 Å². The van der Waals surface area contributed by atoms with Crippen LogP contribution in [0.4, 0.5) is 0 Å². The highest BCUT2D eigenvalue weighted by Crippen LogP contribution is 2.53. The van der Waals surface area contributed by atoms with Crippen LogP contribution < -0.4 is 5.32 Å². The Labute approximate surface area is 128 Å². The van der Waals surface area contributed by atoms with E-state index in [1.54, 1.807) is 6.92 Å². The van der Waals surface area contributed by atoms with Gasteiger partial charge in [0, 0.05) is 11.8 Å². The summed E-state index contributed by atoms with van der Waals surface area (Å²) in [6.45, 7) is 1.72. The van der Waals surface area contributed by atoms with Crippen LogP contribution in [-0.4, -0.2) is 40.1 Å². The first-order valence-corrected chi connectivity index (χ1v) is 7.97. The van der Waals surface area contributed by atoms with Crippen molar-refractivity contribution in [2.75, 3.05) is 5.88 Å². The lowest BCUT2D eigenvalue weighted by Crippen LogP contribution is -2.80. The second-order valence-electron chi connectivity index (χ2n) is 6.29. The summed E-state index contributed by atoms with van der Waals surface area (Å²) < 4.78 is 5.34. The maximum atomic E-state index is 12.2.